The summed E-state index contributed by atoms with van der Waals surface area (Å²) in [7, 11) is 1.19. The zero-order chi connectivity index (χ0) is 13.3. The molecule has 0 spiro atoms. The minimum atomic E-state index is -0.828. The van der Waals surface area contributed by atoms with Gasteiger partial charge in [-0.05, 0) is 13.5 Å². The van der Waals surface area contributed by atoms with Crippen LogP contribution < -0.4 is 5.73 Å². The van der Waals surface area contributed by atoms with Gasteiger partial charge in [-0.3, -0.25) is 0 Å². The molecule has 0 bridgehead atoms. The molecule has 0 aromatic carbocycles. The van der Waals surface area contributed by atoms with E-state index in [4.69, 9.17) is 15.2 Å². The molecule has 7 heteroatoms. The lowest BCUT2D eigenvalue weighted by atomic mass is 10.2. The van der Waals surface area contributed by atoms with Gasteiger partial charge in [0.15, 0.2) is 0 Å². The van der Waals surface area contributed by atoms with Gasteiger partial charge >= 0.3 is 12.3 Å². The van der Waals surface area contributed by atoms with Crippen molar-refractivity contribution in [3.05, 3.63) is 0 Å². The highest BCUT2D eigenvalue weighted by molar-refractivity contribution is 5.60. The molecule has 0 radical (unpaired) electrons. The largest absolute Gasteiger partial charge is 0.508 e. The van der Waals surface area contributed by atoms with Gasteiger partial charge in [0, 0.05) is 5.92 Å². The van der Waals surface area contributed by atoms with Gasteiger partial charge in [-0.2, -0.15) is 0 Å². The van der Waals surface area contributed by atoms with Crippen LogP contribution in [0.25, 0.3) is 0 Å². The Morgan fingerprint density at radius 1 is 1.12 bits per heavy atom. The number of hydrogen-bond acceptors (Lipinski definition) is 7. The highest BCUT2D eigenvalue weighted by atomic mass is 16.7. The number of hydrogen-bond donors (Lipinski definition) is 1. The molecule has 0 aliphatic carbocycles. The van der Waals surface area contributed by atoms with Crippen LogP contribution in [0.15, 0.2) is 0 Å². The average molecular weight is 249 g/mol. The Bertz CT molecular complexity index is 245. The first-order valence-corrected chi connectivity index (χ1v) is 5.23. The van der Waals surface area contributed by atoms with E-state index in [1.807, 2.05) is 6.92 Å². The molecule has 0 saturated carbocycles. The van der Waals surface area contributed by atoms with Gasteiger partial charge in [-0.15, -0.1) is 0 Å². The fourth-order valence-electron chi connectivity index (χ4n) is 0.755. The summed E-state index contributed by atoms with van der Waals surface area (Å²) in [4.78, 5) is 21.8. The van der Waals surface area contributed by atoms with Crippen LogP contribution in [0, 0.1) is 5.92 Å². The lowest BCUT2D eigenvalue weighted by Crippen LogP contribution is -2.25. The highest BCUT2D eigenvalue weighted by Gasteiger charge is 2.14. The molecule has 2 unspecified atom stereocenters. The topological polar surface area (TPSA) is 97.1 Å². The van der Waals surface area contributed by atoms with Crippen LogP contribution in [0.1, 0.15) is 13.8 Å². The van der Waals surface area contributed by atoms with Crippen LogP contribution in [0.4, 0.5) is 9.59 Å². The molecule has 0 aromatic rings. The van der Waals surface area contributed by atoms with E-state index in [0.717, 1.165) is 0 Å². The zero-order valence-electron chi connectivity index (χ0n) is 10.3. The molecule has 0 fully saturated rings. The number of ether oxygens (including phenoxy) is 4. The fourth-order valence-corrected chi connectivity index (χ4v) is 0.755. The van der Waals surface area contributed by atoms with Crippen molar-refractivity contribution in [3.63, 3.8) is 0 Å². The van der Waals surface area contributed by atoms with Gasteiger partial charge in [0.2, 0.25) is 0 Å². The summed E-state index contributed by atoms with van der Waals surface area (Å²) >= 11 is 0. The van der Waals surface area contributed by atoms with Crippen LogP contribution in [0.3, 0.4) is 0 Å². The number of nitrogens with two attached hydrogens (primary N) is 1. The van der Waals surface area contributed by atoms with E-state index in [-0.39, 0.29) is 19.1 Å². The molecular weight excluding hydrogens is 230 g/mol. The van der Waals surface area contributed by atoms with Crippen molar-refractivity contribution in [2.24, 2.45) is 11.7 Å². The van der Waals surface area contributed by atoms with E-state index >= 15 is 0 Å². The first kappa shape index (κ1) is 15.5. The summed E-state index contributed by atoms with van der Waals surface area (Å²) in [5.41, 5.74) is 5.35. The Kier molecular flexibility index (Phi) is 7.87. The number of methoxy groups -OCH3 is 1. The quantitative estimate of drug-likeness (QED) is 0.698. The van der Waals surface area contributed by atoms with Crippen molar-refractivity contribution in [2.75, 3.05) is 26.9 Å². The first-order valence-electron chi connectivity index (χ1n) is 5.23. The van der Waals surface area contributed by atoms with Gasteiger partial charge < -0.3 is 24.7 Å². The minimum absolute atomic E-state index is 0.0733. The Morgan fingerprint density at radius 3 is 2.24 bits per heavy atom. The molecule has 0 saturated heterocycles. The minimum Gasteiger partial charge on any atom is -0.438 e. The molecule has 2 N–H and O–H groups in total. The molecule has 7 nitrogen and oxygen atoms in total. The third kappa shape index (κ3) is 8.32. The van der Waals surface area contributed by atoms with Crippen LogP contribution in [-0.2, 0) is 18.9 Å². The maximum Gasteiger partial charge on any atom is 0.508 e. The SMILES string of the molecule is COC(=O)OCC(C)OC(=O)OCC(C)CN. The van der Waals surface area contributed by atoms with Gasteiger partial charge in [-0.25, -0.2) is 9.59 Å². The number of carbonyl (C=O) groups is 2. The molecule has 0 heterocycles. The second-order valence-corrected chi connectivity index (χ2v) is 3.60. The van der Waals surface area contributed by atoms with Crippen molar-refractivity contribution >= 4 is 12.3 Å². The average Bonchev–Trinajstić information content (AvgIpc) is 2.32. The third-order valence-corrected chi connectivity index (χ3v) is 1.79. The Labute approximate surface area is 100 Å². The highest BCUT2D eigenvalue weighted by Crippen LogP contribution is 1.99. The molecule has 0 aromatic heterocycles. The van der Waals surface area contributed by atoms with Crippen LogP contribution in [0.2, 0.25) is 0 Å². The summed E-state index contributed by atoms with van der Waals surface area (Å²) in [5.74, 6) is 0.0733. The van der Waals surface area contributed by atoms with E-state index in [1.54, 1.807) is 6.92 Å². The predicted octanol–water partition coefficient (Wildman–Crippen LogP) is 0.906. The fraction of sp³-hybridized carbons (Fsp3) is 0.800. The second-order valence-electron chi connectivity index (χ2n) is 3.60. The summed E-state index contributed by atoms with van der Waals surface area (Å²) < 4.78 is 18.4. The van der Waals surface area contributed by atoms with Crippen LogP contribution in [0.5, 0.6) is 0 Å². The molecule has 0 amide bonds. The Balaban J connectivity index is 3.69. The lowest BCUT2D eigenvalue weighted by Gasteiger charge is -2.14. The molecule has 2 atom stereocenters. The Morgan fingerprint density at radius 2 is 1.71 bits per heavy atom. The number of rotatable bonds is 6. The number of carbonyl (C=O) groups excluding carboxylic acids is 2. The third-order valence-electron chi connectivity index (χ3n) is 1.79. The monoisotopic (exact) mass is 249 g/mol. The summed E-state index contributed by atoms with van der Waals surface area (Å²) in [6.07, 6.45) is -2.24. The van der Waals surface area contributed by atoms with Gasteiger partial charge in [0.25, 0.3) is 0 Å². The standard InChI is InChI=1S/C10H19NO6/c1-7(4-11)5-15-10(13)17-8(2)6-16-9(12)14-3/h7-8H,4-6,11H2,1-3H3. The molecule has 0 rings (SSSR count). The molecule has 0 aliphatic heterocycles. The van der Waals surface area contributed by atoms with Crippen molar-refractivity contribution in [1.29, 1.82) is 0 Å². The second kappa shape index (κ2) is 8.63. The Hall–Kier alpha value is -1.50. The maximum absolute atomic E-state index is 11.1. The normalized spacial score (nSPS) is 13.4. The zero-order valence-corrected chi connectivity index (χ0v) is 10.3. The summed E-state index contributed by atoms with van der Waals surface area (Å²) in [6.45, 7) is 3.94. The van der Waals surface area contributed by atoms with E-state index in [0.29, 0.717) is 6.54 Å². The van der Waals surface area contributed by atoms with Gasteiger partial charge in [-0.1, -0.05) is 6.92 Å². The first-order chi connectivity index (χ1) is 7.99. The van der Waals surface area contributed by atoms with E-state index in [2.05, 4.69) is 9.47 Å². The van der Waals surface area contributed by atoms with E-state index in [9.17, 15) is 9.59 Å². The summed E-state index contributed by atoms with van der Waals surface area (Å²) in [6, 6.07) is 0. The maximum atomic E-state index is 11.1. The van der Waals surface area contributed by atoms with E-state index in [1.165, 1.54) is 7.11 Å². The molecular formula is C10H19NO6. The van der Waals surface area contributed by atoms with Gasteiger partial charge in [0.05, 0.1) is 13.7 Å². The molecule has 100 valence electrons. The summed E-state index contributed by atoms with van der Waals surface area (Å²) in [5, 5.41) is 0. The predicted molar refractivity (Wildman–Crippen MR) is 58.5 cm³/mol. The van der Waals surface area contributed by atoms with Crippen molar-refractivity contribution in [3.8, 4) is 0 Å². The molecule has 0 aliphatic rings. The lowest BCUT2D eigenvalue weighted by molar-refractivity contribution is -0.0100. The van der Waals surface area contributed by atoms with Crippen LogP contribution >= 0.6 is 0 Å². The van der Waals surface area contributed by atoms with Crippen LogP contribution in [-0.4, -0.2) is 45.3 Å². The van der Waals surface area contributed by atoms with Gasteiger partial charge in [0.1, 0.15) is 12.7 Å². The van der Waals surface area contributed by atoms with Crippen molar-refractivity contribution < 1.29 is 28.5 Å². The van der Waals surface area contributed by atoms with E-state index < -0.39 is 18.4 Å². The smallest absolute Gasteiger partial charge is 0.438 e. The van der Waals surface area contributed by atoms with Crippen molar-refractivity contribution in [1.82, 2.24) is 0 Å². The van der Waals surface area contributed by atoms with Crippen molar-refractivity contribution in [2.45, 2.75) is 20.0 Å². The molecule has 17 heavy (non-hydrogen) atoms.